The summed E-state index contributed by atoms with van der Waals surface area (Å²) in [6.45, 7) is 7.06. The Balaban J connectivity index is 2.35. The maximum Gasteiger partial charge on any atom is 0.323 e. The van der Waals surface area contributed by atoms with Gasteiger partial charge in [-0.05, 0) is 46.2 Å². The predicted molar refractivity (Wildman–Crippen MR) is 75.4 cm³/mol. The average Bonchev–Trinajstić information content (AvgIpc) is 2.86. The second kappa shape index (κ2) is 7.82. The van der Waals surface area contributed by atoms with E-state index in [1.807, 2.05) is 14.0 Å². The molecule has 0 aliphatic carbocycles. The van der Waals surface area contributed by atoms with Gasteiger partial charge in [-0.2, -0.15) is 0 Å². The highest BCUT2D eigenvalue weighted by Gasteiger charge is 2.32. The summed E-state index contributed by atoms with van der Waals surface area (Å²) in [6, 6.07) is 0. The molecule has 2 atom stereocenters. The Kier molecular flexibility index (Phi) is 6.75. The molecule has 1 heterocycles. The van der Waals surface area contributed by atoms with Crippen LogP contribution in [0.5, 0.6) is 0 Å². The highest BCUT2D eigenvalue weighted by atomic mass is 16.5. The zero-order valence-corrected chi connectivity index (χ0v) is 12.4. The van der Waals surface area contributed by atoms with Gasteiger partial charge < -0.3 is 20.1 Å². The number of carboxylic acid groups (broad SMARTS) is 1. The van der Waals surface area contributed by atoms with E-state index in [1.54, 1.807) is 6.92 Å². The van der Waals surface area contributed by atoms with Gasteiger partial charge in [0.1, 0.15) is 5.54 Å². The Bertz CT molecular complexity index is 280. The van der Waals surface area contributed by atoms with Crippen LogP contribution < -0.4 is 5.32 Å². The number of nitrogens with zero attached hydrogens (tertiary/aromatic N) is 1. The molecule has 0 radical (unpaired) electrons. The first kappa shape index (κ1) is 16.4. The Morgan fingerprint density at radius 1 is 1.58 bits per heavy atom. The van der Waals surface area contributed by atoms with Crippen molar-refractivity contribution in [2.24, 2.45) is 0 Å². The number of likely N-dealkylation sites (N-methyl/N-ethyl adjacent to an activating group) is 1. The second-order valence-electron chi connectivity index (χ2n) is 5.71. The summed E-state index contributed by atoms with van der Waals surface area (Å²) < 4.78 is 5.59. The predicted octanol–water partition coefficient (Wildman–Crippen LogP) is 1.33. The van der Waals surface area contributed by atoms with Gasteiger partial charge in [-0.3, -0.25) is 4.79 Å². The van der Waals surface area contributed by atoms with E-state index < -0.39 is 11.5 Å². The van der Waals surface area contributed by atoms with Crippen LogP contribution in [0, 0.1) is 0 Å². The highest BCUT2D eigenvalue weighted by Crippen LogP contribution is 2.15. The molecule has 0 bridgehead atoms. The first-order valence-corrected chi connectivity index (χ1v) is 7.26. The number of carboxylic acids is 1. The van der Waals surface area contributed by atoms with E-state index in [-0.39, 0.29) is 0 Å². The molecule has 2 N–H and O–H groups in total. The molecule has 0 aromatic heterocycles. The number of nitrogens with one attached hydrogen (secondary N) is 1. The third-order valence-corrected chi connectivity index (χ3v) is 3.77. The normalized spacial score (nSPS) is 22.6. The number of ether oxygens (including phenoxy) is 1. The van der Waals surface area contributed by atoms with Crippen LogP contribution in [0.15, 0.2) is 0 Å². The summed E-state index contributed by atoms with van der Waals surface area (Å²) in [5, 5.41) is 12.5. The zero-order valence-electron chi connectivity index (χ0n) is 12.4. The summed E-state index contributed by atoms with van der Waals surface area (Å²) in [5.74, 6) is -0.772. The van der Waals surface area contributed by atoms with Gasteiger partial charge in [0, 0.05) is 19.7 Å². The van der Waals surface area contributed by atoms with E-state index in [2.05, 4.69) is 10.2 Å². The smallest absolute Gasteiger partial charge is 0.323 e. The van der Waals surface area contributed by atoms with Crippen LogP contribution >= 0.6 is 0 Å². The lowest BCUT2D eigenvalue weighted by molar-refractivity contribution is -0.144. The third kappa shape index (κ3) is 5.47. The summed E-state index contributed by atoms with van der Waals surface area (Å²) in [5.41, 5.74) is -0.833. The van der Waals surface area contributed by atoms with Crippen LogP contribution in [0.25, 0.3) is 0 Å². The summed E-state index contributed by atoms with van der Waals surface area (Å²) in [4.78, 5) is 13.5. The van der Waals surface area contributed by atoms with Gasteiger partial charge in [0.25, 0.3) is 0 Å². The molecule has 112 valence electrons. The van der Waals surface area contributed by atoms with Crippen molar-refractivity contribution in [2.45, 2.75) is 51.2 Å². The number of hydrogen-bond donors (Lipinski definition) is 2. The van der Waals surface area contributed by atoms with Crippen molar-refractivity contribution < 1.29 is 14.6 Å². The van der Waals surface area contributed by atoms with E-state index in [4.69, 9.17) is 4.74 Å². The van der Waals surface area contributed by atoms with E-state index >= 15 is 0 Å². The van der Waals surface area contributed by atoms with Crippen molar-refractivity contribution in [1.29, 1.82) is 0 Å². The quantitative estimate of drug-likeness (QED) is 0.663. The van der Waals surface area contributed by atoms with E-state index in [9.17, 15) is 9.90 Å². The number of rotatable bonds is 9. The van der Waals surface area contributed by atoms with Crippen LogP contribution in [0.3, 0.4) is 0 Å². The van der Waals surface area contributed by atoms with Crippen LogP contribution in [0.2, 0.25) is 0 Å². The second-order valence-corrected chi connectivity index (χ2v) is 5.71. The summed E-state index contributed by atoms with van der Waals surface area (Å²) in [7, 11) is 2.03. The van der Waals surface area contributed by atoms with Gasteiger partial charge in [0.05, 0.1) is 6.10 Å². The summed E-state index contributed by atoms with van der Waals surface area (Å²) in [6.07, 6.45) is 4.13. The average molecular weight is 272 g/mol. The SMILES string of the molecule is CCCNC(C)(CCN(C)CC1CCCO1)C(=O)O. The van der Waals surface area contributed by atoms with Crippen LogP contribution in [-0.2, 0) is 9.53 Å². The maximum absolute atomic E-state index is 11.4. The Labute approximate surface area is 116 Å². The zero-order chi connectivity index (χ0) is 14.3. The fourth-order valence-corrected chi connectivity index (χ4v) is 2.31. The minimum Gasteiger partial charge on any atom is -0.480 e. The molecule has 0 saturated carbocycles. The molecule has 2 unspecified atom stereocenters. The van der Waals surface area contributed by atoms with E-state index in [0.29, 0.717) is 12.5 Å². The lowest BCUT2D eigenvalue weighted by Crippen LogP contribution is -2.51. The minimum absolute atomic E-state index is 0.324. The fraction of sp³-hybridized carbons (Fsp3) is 0.929. The largest absolute Gasteiger partial charge is 0.480 e. The molecule has 1 saturated heterocycles. The van der Waals surface area contributed by atoms with Gasteiger partial charge >= 0.3 is 5.97 Å². The number of aliphatic carboxylic acids is 1. The van der Waals surface area contributed by atoms with Gasteiger partial charge in [-0.1, -0.05) is 6.92 Å². The van der Waals surface area contributed by atoms with Crippen LogP contribution in [0.1, 0.15) is 39.5 Å². The van der Waals surface area contributed by atoms with Crippen molar-refractivity contribution in [3.8, 4) is 0 Å². The van der Waals surface area contributed by atoms with Crippen molar-refractivity contribution in [3.63, 3.8) is 0 Å². The lowest BCUT2D eigenvalue weighted by Gasteiger charge is -2.29. The molecule has 5 heteroatoms. The van der Waals surface area contributed by atoms with Crippen molar-refractivity contribution in [3.05, 3.63) is 0 Å². The van der Waals surface area contributed by atoms with Crippen molar-refractivity contribution in [1.82, 2.24) is 10.2 Å². The molecule has 0 aromatic rings. The molecule has 0 amide bonds. The molecular weight excluding hydrogens is 244 g/mol. The lowest BCUT2D eigenvalue weighted by atomic mass is 9.97. The van der Waals surface area contributed by atoms with Crippen LogP contribution in [0.4, 0.5) is 0 Å². The number of hydrogen-bond acceptors (Lipinski definition) is 4. The molecule has 19 heavy (non-hydrogen) atoms. The van der Waals surface area contributed by atoms with Gasteiger partial charge in [-0.15, -0.1) is 0 Å². The molecule has 1 aliphatic heterocycles. The molecule has 5 nitrogen and oxygen atoms in total. The minimum atomic E-state index is -0.833. The molecule has 1 rings (SSSR count). The molecule has 1 fully saturated rings. The Morgan fingerprint density at radius 3 is 2.84 bits per heavy atom. The third-order valence-electron chi connectivity index (χ3n) is 3.77. The van der Waals surface area contributed by atoms with Gasteiger partial charge in [0.2, 0.25) is 0 Å². The molecule has 0 spiro atoms. The highest BCUT2D eigenvalue weighted by molar-refractivity contribution is 5.78. The Hall–Kier alpha value is -0.650. The monoisotopic (exact) mass is 272 g/mol. The van der Waals surface area contributed by atoms with Crippen molar-refractivity contribution in [2.75, 3.05) is 33.3 Å². The number of carbonyl (C=O) groups is 1. The fourth-order valence-electron chi connectivity index (χ4n) is 2.31. The summed E-state index contributed by atoms with van der Waals surface area (Å²) >= 11 is 0. The molecular formula is C14H28N2O3. The molecule has 0 aromatic carbocycles. The van der Waals surface area contributed by atoms with Crippen LogP contribution in [-0.4, -0.2) is 60.9 Å². The maximum atomic E-state index is 11.4. The van der Waals surface area contributed by atoms with E-state index in [0.717, 1.165) is 45.5 Å². The van der Waals surface area contributed by atoms with Gasteiger partial charge in [-0.25, -0.2) is 0 Å². The molecule has 1 aliphatic rings. The Morgan fingerprint density at radius 2 is 2.32 bits per heavy atom. The van der Waals surface area contributed by atoms with Gasteiger partial charge in [0.15, 0.2) is 0 Å². The first-order valence-electron chi connectivity index (χ1n) is 7.26. The first-order chi connectivity index (χ1) is 8.98. The van der Waals surface area contributed by atoms with Crippen molar-refractivity contribution >= 4 is 5.97 Å². The standard InChI is InChI=1S/C14H28N2O3/c1-4-8-15-14(2,13(17)18)7-9-16(3)11-12-6-5-10-19-12/h12,15H,4-11H2,1-3H3,(H,17,18). The topological polar surface area (TPSA) is 61.8 Å². The van der Waals surface area contributed by atoms with E-state index in [1.165, 1.54) is 0 Å².